The summed E-state index contributed by atoms with van der Waals surface area (Å²) in [6.45, 7) is 1.49. The van der Waals surface area contributed by atoms with Gasteiger partial charge < -0.3 is 25.2 Å². The van der Waals surface area contributed by atoms with E-state index in [-0.39, 0.29) is 12.2 Å². The molecule has 0 amide bonds. The minimum atomic E-state index is -1.08. The summed E-state index contributed by atoms with van der Waals surface area (Å²) in [6.07, 6.45) is 2.51. The fourth-order valence-corrected chi connectivity index (χ4v) is 5.19. The van der Waals surface area contributed by atoms with E-state index in [9.17, 15) is 14.3 Å². The van der Waals surface area contributed by atoms with E-state index in [4.69, 9.17) is 9.47 Å². The van der Waals surface area contributed by atoms with Crippen LogP contribution in [0.2, 0.25) is 0 Å². The highest BCUT2D eigenvalue weighted by Crippen LogP contribution is 2.32. The van der Waals surface area contributed by atoms with Gasteiger partial charge in [-0.1, -0.05) is 53.0 Å². The number of hydrogen-bond acceptors (Lipinski definition) is 8. The summed E-state index contributed by atoms with van der Waals surface area (Å²) in [7, 11) is 1.64. The van der Waals surface area contributed by atoms with Crippen molar-refractivity contribution in [2.45, 2.75) is 25.6 Å². The standard InChI is InChI=1S/C34H32FN4O4S/c1-42-28-10-5-9-24(15-28)20-36-14-6-11-31(26-16-27(35)19-29(17-26)43-21-23-7-3-2-4-8-23)37-32-18-25(33-22-44-39-38-33)12-13-30(32)34(40)41/h2-10,12-13,15-19,22,31,36-37H,11,14,20-21H2,1H3,(H,40,41). The maximum atomic E-state index is 15.0. The van der Waals surface area contributed by atoms with Crippen LogP contribution in [0, 0.1) is 12.2 Å². The summed E-state index contributed by atoms with van der Waals surface area (Å²) < 4.78 is 30.1. The van der Waals surface area contributed by atoms with Crippen molar-refractivity contribution in [1.82, 2.24) is 14.9 Å². The molecule has 0 aliphatic heterocycles. The Balaban J connectivity index is 1.36. The molecule has 225 valence electrons. The summed E-state index contributed by atoms with van der Waals surface area (Å²) >= 11 is 1.21. The number of nitrogens with zero attached hydrogens (tertiary/aromatic N) is 2. The van der Waals surface area contributed by atoms with Gasteiger partial charge in [0.2, 0.25) is 0 Å². The Kier molecular flexibility index (Phi) is 10.5. The van der Waals surface area contributed by atoms with E-state index in [1.54, 1.807) is 30.7 Å². The molecule has 0 aliphatic carbocycles. The maximum Gasteiger partial charge on any atom is 0.337 e. The second-order valence-electron chi connectivity index (χ2n) is 10.1. The molecule has 0 saturated carbocycles. The van der Waals surface area contributed by atoms with Crippen LogP contribution < -0.4 is 20.1 Å². The molecule has 8 nitrogen and oxygen atoms in total. The number of carboxylic acid groups (broad SMARTS) is 1. The van der Waals surface area contributed by atoms with Crippen molar-refractivity contribution in [3.8, 4) is 22.8 Å². The second-order valence-corrected chi connectivity index (χ2v) is 10.7. The molecule has 10 heteroatoms. The number of benzene rings is 4. The first kappa shape index (κ1) is 30.7. The van der Waals surface area contributed by atoms with Crippen molar-refractivity contribution in [3.63, 3.8) is 0 Å². The van der Waals surface area contributed by atoms with Gasteiger partial charge in [0, 0.05) is 29.2 Å². The highest BCUT2D eigenvalue weighted by Gasteiger charge is 2.19. The van der Waals surface area contributed by atoms with Crippen molar-refractivity contribution >= 4 is 23.2 Å². The van der Waals surface area contributed by atoms with Gasteiger partial charge in [0.1, 0.15) is 29.6 Å². The predicted octanol–water partition coefficient (Wildman–Crippen LogP) is 7.17. The molecule has 0 aliphatic rings. The Bertz CT molecular complexity index is 1670. The molecule has 1 radical (unpaired) electrons. The fourth-order valence-electron chi connectivity index (χ4n) is 4.73. The molecule has 5 aromatic rings. The lowest BCUT2D eigenvalue weighted by Gasteiger charge is -2.23. The van der Waals surface area contributed by atoms with E-state index in [0.717, 1.165) is 22.4 Å². The van der Waals surface area contributed by atoms with Crippen LogP contribution in [-0.4, -0.2) is 34.3 Å². The Morgan fingerprint density at radius 1 is 1.00 bits per heavy atom. The molecule has 1 heterocycles. The third-order valence-corrected chi connectivity index (χ3v) is 7.44. The zero-order valence-corrected chi connectivity index (χ0v) is 24.9. The molecular weight excluding hydrogens is 579 g/mol. The monoisotopic (exact) mass is 611 g/mol. The fraction of sp³-hybridized carbons (Fsp3) is 0.176. The quantitative estimate of drug-likeness (QED) is 0.107. The van der Waals surface area contributed by atoms with Gasteiger partial charge in [0.15, 0.2) is 0 Å². The first-order chi connectivity index (χ1) is 21.5. The number of aromatic carboxylic acids is 1. The first-order valence-electron chi connectivity index (χ1n) is 14.0. The number of nitrogens with one attached hydrogen (secondary N) is 2. The number of ether oxygens (including phenoxy) is 2. The molecule has 0 bridgehead atoms. The van der Waals surface area contributed by atoms with Crippen LogP contribution >= 0.6 is 11.5 Å². The van der Waals surface area contributed by atoms with E-state index in [2.05, 4.69) is 20.2 Å². The van der Waals surface area contributed by atoms with Crippen molar-refractivity contribution < 1.29 is 23.8 Å². The van der Waals surface area contributed by atoms with Gasteiger partial charge in [0.25, 0.3) is 0 Å². The van der Waals surface area contributed by atoms with E-state index in [1.165, 1.54) is 29.7 Å². The Morgan fingerprint density at radius 3 is 2.61 bits per heavy atom. The SMILES string of the molecule is COc1cccc(CNC[CH]CC(Nc2cc(-c3csnn3)ccc2C(=O)O)c2cc(F)cc(OCc3ccccc3)c2)c1. The van der Waals surface area contributed by atoms with E-state index in [1.807, 2.05) is 61.0 Å². The summed E-state index contributed by atoms with van der Waals surface area (Å²) in [5.41, 5.74) is 4.51. The van der Waals surface area contributed by atoms with Crippen LogP contribution in [0.3, 0.4) is 0 Å². The number of anilines is 1. The second kappa shape index (κ2) is 15.1. The molecular formula is C34H32FN4O4S. The zero-order chi connectivity index (χ0) is 30.7. The molecule has 0 saturated heterocycles. The van der Waals surface area contributed by atoms with Crippen LogP contribution in [0.4, 0.5) is 10.1 Å². The number of carboxylic acids is 1. The maximum absolute atomic E-state index is 15.0. The van der Waals surface area contributed by atoms with Crippen LogP contribution in [0.25, 0.3) is 11.3 Å². The summed E-state index contributed by atoms with van der Waals surface area (Å²) in [5.74, 6) is -0.357. The third-order valence-electron chi connectivity index (χ3n) is 6.93. The summed E-state index contributed by atoms with van der Waals surface area (Å²) in [4.78, 5) is 12.2. The Morgan fingerprint density at radius 2 is 1.84 bits per heavy atom. The summed E-state index contributed by atoms with van der Waals surface area (Å²) in [5, 5.41) is 22.6. The normalized spacial score (nSPS) is 11.6. The average molecular weight is 612 g/mol. The third kappa shape index (κ3) is 8.40. The lowest BCUT2D eigenvalue weighted by Crippen LogP contribution is -2.19. The van der Waals surface area contributed by atoms with Crippen molar-refractivity contribution in [2.24, 2.45) is 0 Å². The molecule has 4 aromatic carbocycles. The van der Waals surface area contributed by atoms with Gasteiger partial charge in [-0.25, -0.2) is 9.18 Å². The molecule has 3 N–H and O–H groups in total. The van der Waals surface area contributed by atoms with Gasteiger partial charge in [-0.15, -0.1) is 5.10 Å². The van der Waals surface area contributed by atoms with Crippen molar-refractivity contribution in [3.05, 3.63) is 131 Å². The Hall–Kier alpha value is -4.80. The van der Waals surface area contributed by atoms with E-state index in [0.29, 0.717) is 42.2 Å². The highest BCUT2D eigenvalue weighted by atomic mass is 32.1. The smallest absolute Gasteiger partial charge is 0.337 e. The number of aromatic nitrogens is 2. The van der Waals surface area contributed by atoms with Gasteiger partial charge in [0.05, 0.1) is 18.7 Å². The van der Waals surface area contributed by atoms with Crippen molar-refractivity contribution in [2.75, 3.05) is 19.0 Å². The average Bonchev–Trinajstić information content (AvgIpc) is 3.59. The molecule has 5 rings (SSSR count). The molecule has 1 aromatic heterocycles. The topological polar surface area (TPSA) is 106 Å². The number of halogens is 1. The first-order valence-corrected chi connectivity index (χ1v) is 14.9. The van der Waals surface area contributed by atoms with Crippen LogP contribution in [0.15, 0.2) is 96.4 Å². The molecule has 0 spiro atoms. The van der Waals surface area contributed by atoms with E-state index < -0.39 is 17.8 Å². The van der Waals surface area contributed by atoms with Crippen LogP contribution in [-0.2, 0) is 13.2 Å². The molecule has 44 heavy (non-hydrogen) atoms. The Labute approximate surface area is 259 Å². The number of hydrogen-bond donors (Lipinski definition) is 3. The van der Waals surface area contributed by atoms with Crippen LogP contribution in [0.1, 0.15) is 39.5 Å². The van der Waals surface area contributed by atoms with Gasteiger partial charge in [-0.2, -0.15) is 0 Å². The highest BCUT2D eigenvalue weighted by molar-refractivity contribution is 7.03. The predicted molar refractivity (Wildman–Crippen MR) is 169 cm³/mol. The minimum Gasteiger partial charge on any atom is -0.497 e. The van der Waals surface area contributed by atoms with Gasteiger partial charge in [-0.3, -0.25) is 0 Å². The lowest BCUT2D eigenvalue weighted by atomic mass is 9.99. The largest absolute Gasteiger partial charge is 0.497 e. The van der Waals surface area contributed by atoms with Gasteiger partial charge in [-0.05, 0) is 84.0 Å². The van der Waals surface area contributed by atoms with Crippen molar-refractivity contribution in [1.29, 1.82) is 0 Å². The zero-order valence-electron chi connectivity index (χ0n) is 24.1. The molecule has 1 unspecified atom stereocenters. The number of carbonyl (C=O) groups is 1. The van der Waals surface area contributed by atoms with Gasteiger partial charge >= 0.3 is 5.97 Å². The lowest BCUT2D eigenvalue weighted by molar-refractivity contribution is 0.0698. The minimum absolute atomic E-state index is 0.0926. The van der Waals surface area contributed by atoms with Crippen LogP contribution in [0.5, 0.6) is 11.5 Å². The number of methoxy groups -OCH3 is 1. The van der Waals surface area contributed by atoms with E-state index >= 15 is 0 Å². The summed E-state index contributed by atoms with van der Waals surface area (Å²) in [6, 6.07) is 26.6. The molecule has 1 atom stereocenters. The number of rotatable bonds is 15. The molecule has 0 fully saturated rings.